The van der Waals surface area contributed by atoms with Crippen molar-refractivity contribution in [3.8, 4) is 34.0 Å². The first-order chi connectivity index (χ1) is 37.4. The number of aryl methyl sites for hydroxylation is 4. The summed E-state index contributed by atoms with van der Waals surface area (Å²) >= 11 is 3.44. The van der Waals surface area contributed by atoms with Crippen LogP contribution in [0.3, 0.4) is 0 Å². The molecule has 3 fully saturated rings. The summed E-state index contributed by atoms with van der Waals surface area (Å²) in [5, 5.41) is 10.1. The van der Waals surface area contributed by atoms with Gasteiger partial charge in [-0.25, -0.2) is 29.5 Å². The molecule has 0 aliphatic carbocycles. The number of hydrogen-bond donors (Lipinski definition) is 0. The van der Waals surface area contributed by atoms with E-state index in [9.17, 15) is 9.59 Å². The molecule has 13 heterocycles. The first-order valence-corrected chi connectivity index (χ1v) is 26.9. The van der Waals surface area contributed by atoms with E-state index in [1.165, 1.54) is 0 Å². The zero-order valence-corrected chi connectivity index (χ0v) is 46.7. The number of halogens is 1. The molecule has 406 valence electrons. The SMILES string of the molecule is CC[C@H]1C[C@@H](n2c(=O)nc(-c3cnn(C)c3)c3oc4cnc(-c5cnc(C)o5)cc4c32)CCO1.CC[C@H]1C[C@@H](n2c(=O)nc(-c3cnn(C)c3)c3oc4cnc(Br)cc4c32)CCO1.Cc1ncc(B2OC(C)(C)C(C)(C)O2)o1. The maximum atomic E-state index is 13.5. The quantitative estimate of drug-likeness (QED) is 0.102. The molecule has 3 aliphatic rings. The van der Waals surface area contributed by atoms with E-state index in [1.807, 2.05) is 66.3 Å². The summed E-state index contributed by atoms with van der Waals surface area (Å²) in [4.78, 5) is 52.7. The van der Waals surface area contributed by atoms with Crippen molar-refractivity contribution < 1.29 is 36.5 Å². The number of hydrogen-bond acceptors (Lipinski definition) is 18. The van der Waals surface area contributed by atoms with Crippen LogP contribution in [0.15, 0.2) is 93.6 Å². The van der Waals surface area contributed by atoms with E-state index in [0.717, 1.165) is 60.4 Å². The molecule has 22 nitrogen and oxygen atoms in total. The first-order valence-electron chi connectivity index (χ1n) is 26.2. The molecule has 10 aromatic heterocycles. The number of rotatable bonds is 8. The molecule has 3 saturated heterocycles. The Hall–Kier alpha value is -7.12. The summed E-state index contributed by atoms with van der Waals surface area (Å²) in [5.74, 6) is 1.74. The van der Waals surface area contributed by atoms with Crippen molar-refractivity contribution in [1.82, 2.24) is 58.6 Å². The summed E-state index contributed by atoms with van der Waals surface area (Å²) in [7, 11) is 3.20. The fourth-order valence-electron chi connectivity index (χ4n) is 10.3. The fraction of sp³-hybridized carbons (Fsp3) is 0.444. The molecule has 0 unspecified atom stereocenters. The largest absolute Gasteiger partial charge is 0.534 e. The molecule has 0 N–H and O–H groups in total. The molecule has 0 aromatic carbocycles. The van der Waals surface area contributed by atoms with Crippen molar-refractivity contribution in [2.75, 3.05) is 13.2 Å². The highest BCUT2D eigenvalue weighted by atomic mass is 79.9. The second-order valence-corrected chi connectivity index (χ2v) is 21.7. The molecular weight excluding hydrogens is 1070 g/mol. The molecular formula is C54H60BBrN12O10. The molecule has 0 spiro atoms. The normalized spacial score (nSPS) is 20.1. The zero-order valence-electron chi connectivity index (χ0n) is 45.1. The van der Waals surface area contributed by atoms with Crippen LogP contribution in [0.1, 0.15) is 104 Å². The van der Waals surface area contributed by atoms with Gasteiger partial charge >= 0.3 is 18.5 Å². The number of ether oxygens (including phenoxy) is 2. The minimum Gasteiger partial charge on any atom is -0.450 e. The van der Waals surface area contributed by atoms with Crippen molar-refractivity contribution in [2.24, 2.45) is 14.1 Å². The van der Waals surface area contributed by atoms with Crippen molar-refractivity contribution in [3.63, 3.8) is 0 Å². The van der Waals surface area contributed by atoms with E-state index in [-0.39, 0.29) is 46.9 Å². The predicted octanol–water partition coefficient (Wildman–Crippen LogP) is 9.14. The Bertz CT molecular complexity index is 3940. The first kappa shape index (κ1) is 52.9. The van der Waals surface area contributed by atoms with Gasteiger partial charge in [0.2, 0.25) is 0 Å². The molecule has 0 bridgehead atoms. The Balaban J connectivity index is 0.000000133. The molecule has 13 rings (SSSR count). The lowest BCUT2D eigenvalue weighted by atomic mass is 9.87. The third kappa shape index (κ3) is 10.0. The lowest BCUT2D eigenvalue weighted by molar-refractivity contribution is -0.00725. The molecule has 0 radical (unpaired) electrons. The van der Waals surface area contributed by atoms with E-state index in [1.54, 1.807) is 69.5 Å². The molecule has 24 heteroatoms. The number of pyridine rings is 2. The van der Waals surface area contributed by atoms with Crippen LogP contribution >= 0.6 is 15.9 Å². The van der Waals surface area contributed by atoms with Crippen LogP contribution in [0.4, 0.5) is 0 Å². The standard InChI is InChI=1S/C24H24N6O4.C20H20BrN5O3.C10H16BNO3/c1-4-16-7-15(5-6-32-16)30-22-17-8-18(20-11-25-13(2)33-20)26-10-19(17)34-23(22)21(28-24(30)31)14-9-27-29(3)12-14;1-3-13-6-12(4-5-28-13)26-18-14-7-16(21)22-9-15(14)29-19(18)17(24-20(26)27)11-8-23-25(2)10-11;1-7-12-6-8(13-7)11-14-9(2,3)10(4,5)15-11/h8-12,15-16H,4-7H2,1-3H3;7-10,12-13H,3-6H2,1-2H3;6H,1-5H3/t15-,16-;12-,13-;/m00./s1. The average Bonchev–Trinajstić information content (AvgIpc) is 4.42. The number of nitrogens with zero attached hydrogens (tertiary/aromatic N) is 12. The Morgan fingerprint density at radius 1 is 0.641 bits per heavy atom. The number of fused-ring (bicyclic) bond motifs is 6. The highest BCUT2D eigenvalue weighted by Gasteiger charge is 2.53. The summed E-state index contributed by atoms with van der Waals surface area (Å²) in [6.07, 6.45) is 18.7. The lowest BCUT2D eigenvalue weighted by Gasteiger charge is -2.32. The van der Waals surface area contributed by atoms with Crippen LogP contribution in [-0.4, -0.2) is 102 Å². The maximum absolute atomic E-state index is 13.5. The molecule has 10 aromatic rings. The number of aromatic nitrogens is 12. The Morgan fingerprint density at radius 2 is 1.14 bits per heavy atom. The highest BCUT2D eigenvalue weighted by molar-refractivity contribution is 9.10. The monoisotopic (exact) mass is 1130 g/mol. The van der Waals surface area contributed by atoms with Gasteiger partial charge in [0.05, 0.1) is 60.6 Å². The molecule has 0 saturated carbocycles. The van der Waals surface area contributed by atoms with Crippen LogP contribution < -0.4 is 17.0 Å². The van der Waals surface area contributed by atoms with Crippen LogP contribution in [0, 0.1) is 13.8 Å². The van der Waals surface area contributed by atoms with Crippen LogP contribution in [-0.2, 0) is 32.9 Å². The van der Waals surface area contributed by atoms with Crippen molar-refractivity contribution in [1.29, 1.82) is 0 Å². The smallest absolute Gasteiger partial charge is 0.450 e. The highest BCUT2D eigenvalue weighted by Crippen LogP contribution is 2.41. The third-order valence-electron chi connectivity index (χ3n) is 15.1. The molecule has 0 amide bonds. The van der Waals surface area contributed by atoms with Gasteiger partial charge in [0.15, 0.2) is 45.5 Å². The fourth-order valence-corrected chi connectivity index (χ4v) is 10.7. The molecule has 78 heavy (non-hydrogen) atoms. The average molecular weight is 1130 g/mol. The van der Waals surface area contributed by atoms with Gasteiger partial charge in [-0.15, -0.1) is 0 Å². The van der Waals surface area contributed by atoms with Crippen LogP contribution in [0.25, 0.3) is 78.1 Å². The summed E-state index contributed by atoms with van der Waals surface area (Å²) < 4.78 is 54.5. The van der Waals surface area contributed by atoms with Gasteiger partial charge in [-0.05, 0) is 94.3 Å². The molecule has 4 atom stereocenters. The zero-order chi connectivity index (χ0) is 54.8. The maximum Gasteiger partial charge on any atom is 0.534 e. The lowest BCUT2D eigenvalue weighted by Crippen LogP contribution is -2.41. The van der Waals surface area contributed by atoms with Crippen LogP contribution in [0.5, 0.6) is 0 Å². The van der Waals surface area contributed by atoms with Gasteiger partial charge in [-0.3, -0.25) is 18.5 Å². The number of oxazole rings is 2. The minimum atomic E-state index is -0.448. The third-order valence-corrected chi connectivity index (χ3v) is 15.5. The molecule has 3 aliphatic heterocycles. The second kappa shape index (κ2) is 20.9. The van der Waals surface area contributed by atoms with Crippen LogP contribution in [0.2, 0.25) is 0 Å². The van der Waals surface area contributed by atoms with Crippen molar-refractivity contribution >= 4 is 72.8 Å². The predicted molar refractivity (Wildman–Crippen MR) is 293 cm³/mol. The van der Waals surface area contributed by atoms with Gasteiger partial charge in [-0.2, -0.15) is 20.2 Å². The topological polar surface area (TPSA) is 246 Å². The van der Waals surface area contributed by atoms with Gasteiger partial charge in [-0.1, -0.05) is 13.8 Å². The van der Waals surface area contributed by atoms with E-state index >= 15 is 0 Å². The Kier molecular flexibility index (Phi) is 14.2. The summed E-state index contributed by atoms with van der Waals surface area (Å²) in [6.45, 7) is 17.1. The summed E-state index contributed by atoms with van der Waals surface area (Å²) in [6, 6.07) is 3.74. The second-order valence-electron chi connectivity index (χ2n) is 20.9. The van der Waals surface area contributed by atoms with Crippen molar-refractivity contribution in [3.05, 3.63) is 99.1 Å². The van der Waals surface area contributed by atoms with E-state index in [2.05, 4.69) is 69.9 Å². The van der Waals surface area contributed by atoms with Gasteiger partial charge in [0.25, 0.3) is 0 Å². The van der Waals surface area contributed by atoms with E-state index < -0.39 is 7.12 Å². The summed E-state index contributed by atoms with van der Waals surface area (Å²) in [5.41, 5.74) is 6.17. The van der Waals surface area contributed by atoms with Crippen molar-refractivity contribution in [2.45, 2.75) is 129 Å². The van der Waals surface area contributed by atoms with E-state index in [4.69, 9.17) is 36.5 Å². The minimum absolute atomic E-state index is 0.00638. The Labute approximate surface area is 455 Å². The number of furan rings is 2. The Morgan fingerprint density at radius 3 is 1.60 bits per heavy atom. The van der Waals surface area contributed by atoms with Gasteiger partial charge < -0.3 is 36.5 Å². The van der Waals surface area contributed by atoms with Gasteiger partial charge in [0.1, 0.15) is 32.7 Å². The van der Waals surface area contributed by atoms with Gasteiger partial charge in [0, 0.05) is 87.5 Å². The van der Waals surface area contributed by atoms with E-state index in [0.29, 0.717) is 91.5 Å².